The molecule has 0 unspecified atom stereocenters. The van der Waals surface area contributed by atoms with Crippen LogP contribution in [0.4, 0.5) is 5.13 Å². The van der Waals surface area contributed by atoms with Crippen molar-refractivity contribution in [3.63, 3.8) is 0 Å². The summed E-state index contributed by atoms with van der Waals surface area (Å²) in [6.07, 6.45) is 4.01. The minimum absolute atomic E-state index is 0.583. The Kier molecular flexibility index (Phi) is 2.24. The van der Waals surface area contributed by atoms with Crippen molar-refractivity contribution in [2.24, 2.45) is 5.41 Å². The first kappa shape index (κ1) is 8.94. The minimum atomic E-state index is 0.583. The summed E-state index contributed by atoms with van der Waals surface area (Å²) >= 11 is 1.63. The number of rotatable bonds is 4. The van der Waals surface area contributed by atoms with Crippen molar-refractivity contribution < 1.29 is 0 Å². The maximum absolute atomic E-state index is 4.04. The topological polar surface area (TPSA) is 37.8 Å². The summed E-state index contributed by atoms with van der Waals surface area (Å²) in [6, 6.07) is 0. The van der Waals surface area contributed by atoms with Gasteiger partial charge in [0.15, 0.2) is 0 Å². The number of aromatic nitrogens is 2. The van der Waals surface area contributed by atoms with E-state index in [0.29, 0.717) is 5.41 Å². The van der Waals surface area contributed by atoms with Crippen LogP contribution in [-0.2, 0) is 0 Å². The van der Waals surface area contributed by atoms with Crippen molar-refractivity contribution in [1.29, 1.82) is 0 Å². The average Bonchev–Trinajstić information content (AvgIpc) is 2.81. The summed E-state index contributed by atoms with van der Waals surface area (Å²) in [5.41, 5.74) is 0.583. The van der Waals surface area contributed by atoms with E-state index in [1.807, 2.05) is 6.92 Å². The minimum Gasteiger partial charge on any atom is -0.360 e. The van der Waals surface area contributed by atoms with Gasteiger partial charge >= 0.3 is 0 Å². The summed E-state index contributed by atoms with van der Waals surface area (Å²) in [5.74, 6) is 0. The molecule has 1 N–H and O–H groups in total. The molecule has 1 fully saturated rings. The van der Waals surface area contributed by atoms with E-state index >= 15 is 0 Å². The average molecular weight is 197 g/mol. The summed E-state index contributed by atoms with van der Waals surface area (Å²) in [7, 11) is 0. The lowest BCUT2D eigenvalue weighted by atomic mass is 10.0. The Hall–Kier alpha value is -0.640. The molecule has 1 heterocycles. The number of aryl methyl sites for hydroxylation is 1. The first-order valence-corrected chi connectivity index (χ1v) is 5.60. The van der Waals surface area contributed by atoms with Gasteiger partial charge in [-0.2, -0.15) is 0 Å². The molecule has 1 aliphatic carbocycles. The van der Waals surface area contributed by atoms with Crippen molar-refractivity contribution in [3.8, 4) is 0 Å². The number of nitrogens with one attached hydrogen (secondary N) is 1. The zero-order valence-corrected chi connectivity index (χ0v) is 8.95. The van der Waals surface area contributed by atoms with Gasteiger partial charge in [0.2, 0.25) is 5.13 Å². The van der Waals surface area contributed by atoms with E-state index in [1.54, 1.807) is 11.3 Å². The van der Waals surface area contributed by atoms with Crippen LogP contribution in [0.15, 0.2) is 0 Å². The van der Waals surface area contributed by atoms with Crippen LogP contribution in [0.25, 0.3) is 0 Å². The molecule has 2 rings (SSSR count). The second-order valence-corrected chi connectivity index (χ2v) is 5.01. The van der Waals surface area contributed by atoms with E-state index < -0.39 is 0 Å². The Balaban J connectivity index is 1.86. The van der Waals surface area contributed by atoms with Gasteiger partial charge in [-0.25, -0.2) is 0 Å². The molecule has 0 bridgehead atoms. The largest absolute Gasteiger partial charge is 0.360 e. The van der Waals surface area contributed by atoms with E-state index in [9.17, 15) is 0 Å². The van der Waals surface area contributed by atoms with Crippen LogP contribution in [0.1, 0.15) is 31.2 Å². The Morgan fingerprint density at radius 2 is 2.23 bits per heavy atom. The van der Waals surface area contributed by atoms with Crippen LogP contribution in [0.3, 0.4) is 0 Å². The number of nitrogens with zero attached hydrogens (tertiary/aromatic N) is 2. The van der Waals surface area contributed by atoms with Gasteiger partial charge in [-0.3, -0.25) is 0 Å². The van der Waals surface area contributed by atoms with Gasteiger partial charge in [0.1, 0.15) is 5.01 Å². The Bertz CT molecular complexity index is 291. The van der Waals surface area contributed by atoms with Crippen molar-refractivity contribution >= 4 is 16.5 Å². The Labute approximate surface area is 82.6 Å². The predicted octanol–water partition coefficient (Wildman–Crippen LogP) is 2.45. The first-order chi connectivity index (χ1) is 6.24. The molecular formula is C9H15N3S. The highest BCUT2D eigenvalue weighted by atomic mass is 32.1. The molecule has 0 atom stereocenters. The third-order valence-electron chi connectivity index (χ3n) is 2.85. The van der Waals surface area contributed by atoms with Crippen LogP contribution >= 0.6 is 11.3 Å². The molecular weight excluding hydrogens is 182 g/mol. The van der Waals surface area contributed by atoms with E-state index in [1.165, 1.54) is 19.3 Å². The summed E-state index contributed by atoms with van der Waals surface area (Å²) < 4.78 is 0. The van der Waals surface area contributed by atoms with Crippen LogP contribution in [0.5, 0.6) is 0 Å². The molecule has 0 spiro atoms. The van der Waals surface area contributed by atoms with Crippen LogP contribution < -0.4 is 5.32 Å². The molecule has 1 aromatic rings. The quantitative estimate of drug-likeness (QED) is 0.805. The lowest BCUT2D eigenvalue weighted by Gasteiger charge is -2.11. The Morgan fingerprint density at radius 3 is 2.69 bits per heavy atom. The molecule has 3 nitrogen and oxygen atoms in total. The lowest BCUT2D eigenvalue weighted by molar-refractivity contribution is 0.521. The van der Waals surface area contributed by atoms with E-state index in [-0.39, 0.29) is 0 Å². The van der Waals surface area contributed by atoms with Gasteiger partial charge in [-0.1, -0.05) is 18.3 Å². The second-order valence-electron chi connectivity index (χ2n) is 3.83. The fraction of sp³-hybridized carbons (Fsp3) is 0.778. The molecule has 0 radical (unpaired) electrons. The van der Waals surface area contributed by atoms with Crippen LogP contribution in [-0.4, -0.2) is 16.7 Å². The number of hydrogen-bond donors (Lipinski definition) is 1. The summed E-state index contributed by atoms with van der Waals surface area (Å²) in [5, 5.41) is 13.4. The fourth-order valence-corrected chi connectivity index (χ4v) is 2.05. The van der Waals surface area contributed by atoms with E-state index in [2.05, 4.69) is 22.4 Å². The monoisotopic (exact) mass is 197 g/mol. The summed E-state index contributed by atoms with van der Waals surface area (Å²) in [4.78, 5) is 0. The molecule has 4 heteroatoms. The Morgan fingerprint density at radius 1 is 1.46 bits per heavy atom. The molecule has 13 heavy (non-hydrogen) atoms. The van der Waals surface area contributed by atoms with E-state index in [4.69, 9.17) is 0 Å². The van der Waals surface area contributed by atoms with Gasteiger partial charge < -0.3 is 5.32 Å². The molecule has 1 aliphatic rings. The van der Waals surface area contributed by atoms with Gasteiger partial charge in [0.05, 0.1) is 0 Å². The maximum Gasteiger partial charge on any atom is 0.205 e. The smallest absolute Gasteiger partial charge is 0.205 e. The third kappa shape index (κ3) is 1.99. The molecule has 1 aromatic heterocycles. The molecule has 0 saturated heterocycles. The molecule has 72 valence electrons. The van der Waals surface area contributed by atoms with Crippen molar-refractivity contribution in [2.45, 2.75) is 33.1 Å². The highest BCUT2D eigenvalue weighted by molar-refractivity contribution is 7.15. The molecule has 0 aliphatic heterocycles. The zero-order chi connectivity index (χ0) is 9.31. The van der Waals surface area contributed by atoms with Crippen molar-refractivity contribution in [1.82, 2.24) is 10.2 Å². The van der Waals surface area contributed by atoms with Gasteiger partial charge in [-0.05, 0) is 31.6 Å². The SMILES string of the molecule is CCC1(CNc2nnc(C)s2)CC1. The second kappa shape index (κ2) is 3.25. The predicted molar refractivity (Wildman–Crippen MR) is 55.1 cm³/mol. The normalized spacial score (nSPS) is 18.6. The maximum atomic E-state index is 4.04. The first-order valence-electron chi connectivity index (χ1n) is 4.78. The number of hydrogen-bond acceptors (Lipinski definition) is 4. The van der Waals surface area contributed by atoms with Crippen LogP contribution in [0.2, 0.25) is 0 Å². The van der Waals surface area contributed by atoms with Crippen molar-refractivity contribution in [2.75, 3.05) is 11.9 Å². The standard InChI is InChI=1S/C9H15N3S/c1-3-9(4-5-9)6-10-8-12-11-7(2)13-8/h3-6H2,1-2H3,(H,10,12). The lowest BCUT2D eigenvalue weighted by Crippen LogP contribution is -2.14. The highest BCUT2D eigenvalue weighted by Crippen LogP contribution is 2.48. The molecule has 1 saturated carbocycles. The highest BCUT2D eigenvalue weighted by Gasteiger charge is 2.40. The van der Waals surface area contributed by atoms with Gasteiger partial charge in [-0.15, -0.1) is 10.2 Å². The number of anilines is 1. The van der Waals surface area contributed by atoms with Gasteiger partial charge in [0.25, 0.3) is 0 Å². The molecule has 0 aromatic carbocycles. The van der Waals surface area contributed by atoms with E-state index in [0.717, 1.165) is 16.7 Å². The van der Waals surface area contributed by atoms with Crippen molar-refractivity contribution in [3.05, 3.63) is 5.01 Å². The molecule has 0 amide bonds. The van der Waals surface area contributed by atoms with Crippen LogP contribution in [0, 0.1) is 12.3 Å². The zero-order valence-electron chi connectivity index (χ0n) is 8.13. The fourth-order valence-electron chi connectivity index (χ4n) is 1.46. The third-order valence-corrected chi connectivity index (χ3v) is 3.64. The van der Waals surface area contributed by atoms with Gasteiger partial charge in [0, 0.05) is 6.54 Å². The summed E-state index contributed by atoms with van der Waals surface area (Å²) in [6.45, 7) is 5.31.